The van der Waals surface area contributed by atoms with Crippen molar-refractivity contribution < 1.29 is 18.0 Å². The number of aryl methyl sites for hydroxylation is 1. The number of nitrogens with zero attached hydrogens (tertiary/aromatic N) is 2. The first-order valence-corrected chi connectivity index (χ1v) is 15.9. The predicted molar refractivity (Wildman–Crippen MR) is 167 cm³/mol. The summed E-state index contributed by atoms with van der Waals surface area (Å²) in [6.45, 7) is 5.12. The molecule has 3 rings (SSSR count). The van der Waals surface area contributed by atoms with Gasteiger partial charge >= 0.3 is 0 Å². The molecule has 0 aliphatic carbocycles. The lowest BCUT2D eigenvalue weighted by atomic mass is 10.1. The molecule has 1 N–H and O–H groups in total. The average molecular weight is 659 g/mol. The van der Waals surface area contributed by atoms with Crippen molar-refractivity contribution >= 4 is 73.9 Å². The molecule has 3 aromatic rings. The maximum atomic E-state index is 14.0. The van der Waals surface area contributed by atoms with Crippen molar-refractivity contribution in [1.82, 2.24) is 10.2 Å². The fourth-order valence-electron chi connectivity index (χ4n) is 3.99. The van der Waals surface area contributed by atoms with Crippen molar-refractivity contribution in [1.29, 1.82) is 0 Å². The van der Waals surface area contributed by atoms with Crippen LogP contribution in [0.25, 0.3) is 0 Å². The Morgan fingerprint density at radius 2 is 1.63 bits per heavy atom. The largest absolute Gasteiger partial charge is 0.354 e. The van der Waals surface area contributed by atoms with E-state index in [-0.39, 0.29) is 33.1 Å². The number of sulfonamides is 1. The van der Waals surface area contributed by atoms with E-state index in [1.807, 2.05) is 13.8 Å². The van der Waals surface area contributed by atoms with Gasteiger partial charge in [-0.3, -0.25) is 13.9 Å². The molecule has 0 bridgehead atoms. The molecule has 1 atom stereocenters. The molecular weight excluding hydrogens is 628 g/mol. The second kappa shape index (κ2) is 14.6. The molecule has 3 aromatic carbocycles. The van der Waals surface area contributed by atoms with Crippen molar-refractivity contribution in [3.8, 4) is 0 Å². The normalized spacial score (nSPS) is 12.1. The summed E-state index contributed by atoms with van der Waals surface area (Å²) < 4.78 is 28.8. The Kier molecular flexibility index (Phi) is 11.8. The fraction of sp³-hybridized carbons (Fsp3) is 0.310. The summed E-state index contributed by atoms with van der Waals surface area (Å²) in [5.41, 5.74) is 1.42. The summed E-state index contributed by atoms with van der Waals surface area (Å²) in [6.07, 6.45) is 1.65. The molecule has 12 heteroatoms. The lowest BCUT2D eigenvalue weighted by Gasteiger charge is -2.32. The van der Waals surface area contributed by atoms with E-state index in [0.29, 0.717) is 22.2 Å². The number of rotatable bonds is 12. The SMILES string of the molecule is CCCCNC(=O)[C@@H](C)N(Cc1ccc(Cl)cc1Cl)C(=O)CN(c1cccc(Cl)c1Cl)S(=O)(=O)c1ccc(C)cc1. The van der Waals surface area contributed by atoms with Crippen LogP contribution >= 0.6 is 46.4 Å². The maximum absolute atomic E-state index is 14.0. The number of carbonyl (C=O) groups is 2. The number of benzene rings is 3. The highest BCUT2D eigenvalue weighted by Gasteiger charge is 2.34. The summed E-state index contributed by atoms with van der Waals surface area (Å²) in [5.74, 6) is -1.04. The van der Waals surface area contributed by atoms with Crippen LogP contribution in [0, 0.1) is 6.92 Å². The standard InChI is InChI=1S/C29H31Cl4N3O4S/c1-4-5-15-34-29(38)20(3)35(17-21-11-12-22(30)16-25(21)32)27(37)18-36(26-8-6-7-24(31)28(26)33)41(39,40)23-13-9-19(2)10-14-23/h6-14,16,20H,4-5,15,17-18H2,1-3H3,(H,34,38)/t20-/m1/s1. The second-order valence-corrected chi connectivity index (χ2v) is 13.0. The molecular formula is C29H31Cl4N3O4S. The van der Waals surface area contributed by atoms with Gasteiger partial charge in [0.25, 0.3) is 10.0 Å². The molecule has 0 aliphatic heterocycles. The van der Waals surface area contributed by atoms with Gasteiger partial charge in [-0.25, -0.2) is 8.42 Å². The molecule has 2 amide bonds. The third-order valence-corrected chi connectivity index (χ3v) is 9.61. The van der Waals surface area contributed by atoms with Gasteiger partial charge in [-0.1, -0.05) is 89.6 Å². The van der Waals surface area contributed by atoms with Crippen LogP contribution in [0.2, 0.25) is 20.1 Å². The molecule has 0 saturated carbocycles. The summed E-state index contributed by atoms with van der Waals surface area (Å²) in [6, 6.07) is 14.6. The number of nitrogens with one attached hydrogen (secondary N) is 1. The van der Waals surface area contributed by atoms with Crippen LogP contribution in [0.3, 0.4) is 0 Å². The van der Waals surface area contributed by atoms with Crippen LogP contribution in [0.5, 0.6) is 0 Å². The highest BCUT2D eigenvalue weighted by atomic mass is 35.5. The number of halogens is 4. The van der Waals surface area contributed by atoms with E-state index in [0.717, 1.165) is 22.7 Å². The Morgan fingerprint density at radius 3 is 2.27 bits per heavy atom. The Morgan fingerprint density at radius 1 is 0.951 bits per heavy atom. The molecule has 41 heavy (non-hydrogen) atoms. The zero-order valence-corrected chi connectivity index (χ0v) is 26.7. The average Bonchev–Trinajstić information content (AvgIpc) is 2.93. The van der Waals surface area contributed by atoms with Crippen molar-refractivity contribution in [2.75, 3.05) is 17.4 Å². The summed E-state index contributed by atoms with van der Waals surface area (Å²) in [5, 5.41) is 3.63. The Bertz CT molecular complexity index is 1500. The van der Waals surface area contributed by atoms with Gasteiger partial charge in [-0.05, 0) is 62.2 Å². The lowest BCUT2D eigenvalue weighted by molar-refractivity contribution is -0.139. The van der Waals surface area contributed by atoms with Crippen LogP contribution < -0.4 is 9.62 Å². The minimum atomic E-state index is -4.29. The first kappa shape index (κ1) is 33.0. The predicted octanol–water partition coefficient (Wildman–Crippen LogP) is 7.14. The molecule has 0 saturated heterocycles. The number of hydrogen-bond acceptors (Lipinski definition) is 4. The van der Waals surface area contributed by atoms with E-state index >= 15 is 0 Å². The molecule has 7 nitrogen and oxygen atoms in total. The Hall–Kier alpha value is -2.49. The number of carbonyl (C=O) groups excluding carboxylic acids is 2. The molecule has 0 aromatic heterocycles. The van der Waals surface area contributed by atoms with Gasteiger partial charge in [0.1, 0.15) is 12.6 Å². The van der Waals surface area contributed by atoms with Crippen LogP contribution in [0.4, 0.5) is 5.69 Å². The minimum Gasteiger partial charge on any atom is -0.354 e. The maximum Gasteiger partial charge on any atom is 0.264 e. The summed E-state index contributed by atoms with van der Waals surface area (Å²) >= 11 is 25.2. The number of unbranched alkanes of at least 4 members (excludes halogenated alkanes) is 1. The third kappa shape index (κ3) is 8.30. The molecule has 0 aliphatic rings. The number of amides is 2. The summed E-state index contributed by atoms with van der Waals surface area (Å²) in [4.78, 5) is 28.3. The topological polar surface area (TPSA) is 86.8 Å². The van der Waals surface area contributed by atoms with Gasteiger partial charge in [-0.15, -0.1) is 0 Å². The molecule has 0 heterocycles. The summed E-state index contributed by atoms with van der Waals surface area (Å²) in [7, 11) is -4.29. The van der Waals surface area contributed by atoms with E-state index < -0.39 is 28.5 Å². The number of anilines is 1. The second-order valence-electron chi connectivity index (χ2n) is 9.48. The van der Waals surface area contributed by atoms with E-state index in [9.17, 15) is 18.0 Å². The Balaban J connectivity index is 2.06. The quantitative estimate of drug-likeness (QED) is 0.210. The van der Waals surface area contributed by atoms with Gasteiger partial charge in [-0.2, -0.15) is 0 Å². The molecule has 220 valence electrons. The van der Waals surface area contributed by atoms with Crippen molar-refractivity contribution in [2.45, 2.75) is 51.1 Å². The van der Waals surface area contributed by atoms with Crippen LogP contribution in [-0.4, -0.2) is 44.3 Å². The molecule has 0 fully saturated rings. The van der Waals surface area contributed by atoms with Crippen molar-refractivity contribution in [3.05, 3.63) is 91.9 Å². The zero-order valence-electron chi connectivity index (χ0n) is 22.8. The monoisotopic (exact) mass is 657 g/mol. The highest BCUT2D eigenvalue weighted by Crippen LogP contribution is 2.35. The smallest absolute Gasteiger partial charge is 0.264 e. The van der Waals surface area contributed by atoms with Crippen LogP contribution in [0.15, 0.2) is 65.6 Å². The molecule has 0 spiro atoms. The third-order valence-electron chi connectivity index (χ3n) is 6.44. The zero-order chi connectivity index (χ0) is 30.3. The van der Waals surface area contributed by atoms with Gasteiger partial charge in [0.05, 0.1) is 20.6 Å². The van der Waals surface area contributed by atoms with Crippen molar-refractivity contribution in [3.63, 3.8) is 0 Å². The minimum absolute atomic E-state index is 0.0256. The van der Waals surface area contributed by atoms with Gasteiger partial charge in [0, 0.05) is 23.1 Å². The van der Waals surface area contributed by atoms with Gasteiger partial charge in [0.2, 0.25) is 11.8 Å². The van der Waals surface area contributed by atoms with Gasteiger partial charge < -0.3 is 10.2 Å². The first-order valence-electron chi connectivity index (χ1n) is 12.9. The molecule has 0 radical (unpaired) electrons. The highest BCUT2D eigenvalue weighted by molar-refractivity contribution is 7.92. The lowest BCUT2D eigenvalue weighted by Crippen LogP contribution is -2.51. The first-order chi connectivity index (χ1) is 19.4. The molecule has 0 unspecified atom stereocenters. The van der Waals surface area contributed by atoms with E-state index in [4.69, 9.17) is 46.4 Å². The van der Waals surface area contributed by atoms with E-state index in [1.165, 1.54) is 35.2 Å². The van der Waals surface area contributed by atoms with Crippen LogP contribution in [0.1, 0.15) is 37.8 Å². The van der Waals surface area contributed by atoms with E-state index in [1.54, 1.807) is 37.3 Å². The van der Waals surface area contributed by atoms with Crippen LogP contribution in [-0.2, 0) is 26.2 Å². The van der Waals surface area contributed by atoms with Gasteiger partial charge in [0.15, 0.2) is 0 Å². The fourth-order valence-corrected chi connectivity index (χ4v) is 6.33. The van der Waals surface area contributed by atoms with E-state index in [2.05, 4.69) is 5.32 Å². The Labute approximate surface area is 261 Å². The number of hydrogen-bond donors (Lipinski definition) is 1. The van der Waals surface area contributed by atoms with Crippen molar-refractivity contribution in [2.24, 2.45) is 0 Å².